The van der Waals surface area contributed by atoms with Crippen LogP contribution in [0.4, 0.5) is 0 Å². The third-order valence-electron chi connectivity index (χ3n) is 3.63. The first-order valence-corrected chi connectivity index (χ1v) is 6.43. The largest absolute Gasteiger partial charge is 0.496 e. The predicted octanol–water partition coefficient (Wildman–Crippen LogP) is 3.42. The maximum atomic E-state index is 10.7. The first-order valence-electron chi connectivity index (χ1n) is 6.05. The Labute approximate surface area is 112 Å². The summed E-state index contributed by atoms with van der Waals surface area (Å²) in [4.78, 5) is 10.7. The molecule has 3 nitrogen and oxygen atoms in total. The smallest absolute Gasteiger partial charge is 0.303 e. The van der Waals surface area contributed by atoms with Gasteiger partial charge in [0.05, 0.1) is 7.11 Å². The van der Waals surface area contributed by atoms with E-state index in [1.54, 1.807) is 13.2 Å². The molecule has 1 aromatic rings. The second kappa shape index (κ2) is 4.81. The molecular formula is C14H17ClO3. The molecule has 0 heterocycles. The van der Waals surface area contributed by atoms with Crippen molar-refractivity contribution >= 4 is 17.6 Å². The molecule has 1 aromatic carbocycles. The number of methoxy groups -OCH3 is 1. The van der Waals surface area contributed by atoms with E-state index in [1.165, 1.54) is 0 Å². The molecule has 2 rings (SSSR count). The topological polar surface area (TPSA) is 46.5 Å². The minimum Gasteiger partial charge on any atom is -0.496 e. The Bertz CT molecular complexity index is 478. The van der Waals surface area contributed by atoms with Gasteiger partial charge in [0.25, 0.3) is 0 Å². The van der Waals surface area contributed by atoms with Crippen LogP contribution in [0, 0.1) is 0 Å². The van der Waals surface area contributed by atoms with Crippen LogP contribution < -0.4 is 4.74 Å². The normalized spacial score (nSPS) is 16.4. The van der Waals surface area contributed by atoms with Crippen molar-refractivity contribution in [2.75, 3.05) is 7.11 Å². The molecule has 1 fully saturated rings. The Morgan fingerprint density at radius 1 is 1.50 bits per heavy atom. The number of hydrogen-bond donors (Lipinski definition) is 1. The van der Waals surface area contributed by atoms with Gasteiger partial charge < -0.3 is 9.84 Å². The molecule has 0 saturated heterocycles. The Hall–Kier alpha value is -1.22. The fraction of sp³-hybridized carbons (Fsp3) is 0.500. The lowest BCUT2D eigenvalue weighted by Crippen LogP contribution is -2.05. The van der Waals surface area contributed by atoms with Gasteiger partial charge in [0.2, 0.25) is 0 Å². The highest BCUT2D eigenvalue weighted by molar-refractivity contribution is 6.31. The summed E-state index contributed by atoms with van der Waals surface area (Å²) in [5.74, 6) is -0.125. The van der Waals surface area contributed by atoms with Crippen molar-refractivity contribution in [3.05, 3.63) is 28.3 Å². The summed E-state index contributed by atoms with van der Waals surface area (Å²) in [7, 11) is 1.58. The molecule has 1 saturated carbocycles. The first kappa shape index (κ1) is 13.2. The number of hydrogen-bond acceptors (Lipinski definition) is 2. The van der Waals surface area contributed by atoms with Crippen molar-refractivity contribution in [3.63, 3.8) is 0 Å². The first-order chi connectivity index (χ1) is 8.46. The molecule has 0 radical (unpaired) electrons. The van der Waals surface area contributed by atoms with Crippen molar-refractivity contribution in [1.29, 1.82) is 0 Å². The monoisotopic (exact) mass is 268 g/mol. The van der Waals surface area contributed by atoms with Gasteiger partial charge in [0.1, 0.15) is 5.75 Å². The molecule has 0 bridgehead atoms. The summed E-state index contributed by atoms with van der Waals surface area (Å²) in [5.41, 5.74) is 2.21. The number of benzene rings is 1. The molecule has 1 aliphatic carbocycles. The second-order valence-corrected chi connectivity index (χ2v) is 5.51. The molecule has 0 amide bonds. The van der Waals surface area contributed by atoms with Gasteiger partial charge in [-0.1, -0.05) is 24.6 Å². The van der Waals surface area contributed by atoms with E-state index in [-0.39, 0.29) is 11.8 Å². The fourth-order valence-electron chi connectivity index (χ4n) is 2.15. The van der Waals surface area contributed by atoms with Crippen molar-refractivity contribution < 1.29 is 14.6 Å². The average Bonchev–Trinajstić information content (AvgIpc) is 3.05. The van der Waals surface area contributed by atoms with Crippen LogP contribution in [-0.4, -0.2) is 18.2 Å². The third-order valence-corrected chi connectivity index (χ3v) is 3.94. The SMILES string of the molecule is COc1cc(Cl)c(C2(C)CC2)cc1CCC(=O)O. The summed E-state index contributed by atoms with van der Waals surface area (Å²) in [5, 5.41) is 9.48. The number of carboxylic acid groups (broad SMARTS) is 1. The van der Waals surface area contributed by atoms with E-state index in [4.69, 9.17) is 21.4 Å². The van der Waals surface area contributed by atoms with Gasteiger partial charge in [-0.15, -0.1) is 0 Å². The zero-order chi connectivity index (χ0) is 13.3. The highest BCUT2D eigenvalue weighted by Gasteiger charge is 2.40. The fourth-order valence-corrected chi connectivity index (χ4v) is 2.53. The number of carbonyl (C=O) groups is 1. The number of ether oxygens (including phenoxy) is 1. The summed E-state index contributed by atoms with van der Waals surface area (Å²) < 4.78 is 5.27. The van der Waals surface area contributed by atoms with E-state index in [2.05, 4.69) is 6.92 Å². The van der Waals surface area contributed by atoms with Crippen LogP contribution in [0.15, 0.2) is 12.1 Å². The van der Waals surface area contributed by atoms with Crippen LogP contribution in [-0.2, 0) is 16.6 Å². The molecule has 0 aliphatic heterocycles. The molecule has 0 spiro atoms. The molecule has 18 heavy (non-hydrogen) atoms. The van der Waals surface area contributed by atoms with Crippen molar-refractivity contribution in [2.45, 2.75) is 38.0 Å². The number of rotatable bonds is 5. The Balaban J connectivity index is 2.33. The highest BCUT2D eigenvalue weighted by atomic mass is 35.5. The van der Waals surface area contributed by atoms with E-state index in [0.29, 0.717) is 17.2 Å². The van der Waals surface area contributed by atoms with Gasteiger partial charge in [0, 0.05) is 11.4 Å². The molecular weight excluding hydrogens is 252 g/mol. The van der Waals surface area contributed by atoms with Gasteiger partial charge in [-0.2, -0.15) is 0 Å². The summed E-state index contributed by atoms with van der Waals surface area (Å²) >= 11 is 6.27. The van der Waals surface area contributed by atoms with Gasteiger partial charge in [-0.3, -0.25) is 4.79 Å². The van der Waals surface area contributed by atoms with Crippen LogP contribution in [0.5, 0.6) is 5.75 Å². The zero-order valence-corrected chi connectivity index (χ0v) is 11.4. The van der Waals surface area contributed by atoms with Crippen molar-refractivity contribution in [2.24, 2.45) is 0 Å². The standard InChI is InChI=1S/C14H17ClO3/c1-14(5-6-14)10-7-9(3-4-13(16)17)12(18-2)8-11(10)15/h7-8H,3-6H2,1-2H3,(H,16,17). The number of aryl methyl sites for hydroxylation is 1. The maximum absolute atomic E-state index is 10.7. The van der Waals surface area contributed by atoms with E-state index >= 15 is 0 Å². The molecule has 98 valence electrons. The van der Waals surface area contributed by atoms with Gasteiger partial charge in [0.15, 0.2) is 0 Å². The van der Waals surface area contributed by atoms with Gasteiger partial charge >= 0.3 is 5.97 Å². The lowest BCUT2D eigenvalue weighted by molar-refractivity contribution is -0.136. The molecule has 4 heteroatoms. The molecule has 1 aliphatic rings. The van der Waals surface area contributed by atoms with Crippen LogP contribution in [0.1, 0.15) is 37.3 Å². The van der Waals surface area contributed by atoms with Crippen LogP contribution in [0.25, 0.3) is 0 Å². The van der Waals surface area contributed by atoms with Gasteiger partial charge in [-0.25, -0.2) is 0 Å². The quantitative estimate of drug-likeness (QED) is 0.890. The average molecular weight is 269 g/mol. The highest BCUT2D eigenvalue weighted by Crippen LogP contribution is 2.51. The van der Waals surface area contributed by atoms with E-state index < -0.39 is 5.97 Å². The van der Waals surface area contributed by atoms with Crippen LogP contribution in [0.2, 0.25) is 5.02 Å². The van der Waals surface area contributed by atoms with Crippen LogP contribution >= 0.6 is 11.6 Å². The van der Waals surface area contributed by atoms with E-state index in [1.807, 2.05) is 6.07 Å². The van der Waals surface area contributed by atoms with Crippen LogP contribution in [0.3, 0.4) is 0 Å². The number of aliphatic carboxylic acids is 1. The lowest BCUT2D eigenvalue weighted by Gasteiger charge is -2.16. The zero-order valence-electron chi connectivity index (χ0n) is 10.6. The third kappa shape index (κ3) is 2.61. The molecule has 0 atom stereocenters. The van der Waals surface area contributed by atoms with E-state index in [9.17, 15) is 4.79 Å². The second-order valence-electron chi connectivity index (χ2n) is 5.10. The minimum atomic E-state index is -0.800. The summed E-state index contributed by atoms with van der Waals surface area (Å²) in [6.07, 6.45) is 2.85. The molecule has 0 unspecified atom stereocenters. The molecule has 1 N–H and O–H groups in total. The summed E-state index contributed by atoms with van der Waals surface area (Å²) in [6.45, 7) is 2.18. The van der Waals surface area contributed by atoms with Crippen molar-refractivity contribution in [1.82, 2.24) is 0 Å². The Morgan fingerprint density at radius 3 is 2.67 bits per heavy atom. The summed E-state index contributed by atoms with van der Waals surface area (Å²) in [6, 6.07) is 3.81. The Kier molecular flexibility index (Phi) is 3.53. The number of carboxylic acids is 1. The van der Waals surface area contributed by atoms with Crippen molar-refractivity contribution in [3.8, 4) is 5.75 Å². The maximum Gasteiger partial charge on any atom is 0.303 e. The predicted molar refractivity (Wildman–Crippen MR) is 70.5 cm³/mol. The number of halogens is 1. The van der Waals surface area contributed by atoms with Gasteiger partial charge in [-0.05, 0) is 41.9 Å². The minimum absolute atomic E-state index is 0.105. The lowest BCUT2D eigenvalue weighted by atomic mass is 9.94. The Morgan fingerprint density at radius 2 is 2.17 bits per heavy atom. The van der Waals surface area contributed by atoms with E-state index in [0.717, 1.165) is 24.0 Å². The molecule has 0 aromatic heterocycles.